The quantitative estimate of drug-likeness (QED) is 0.556. The predicted molar refractivity (Wildman–Crippen MR) is 114 cm³/mol. The SMILES string of the molecule is O=C(Nc1ccc(SC(F)(F)F)cc1)c1cnc(N2CC[C@H](O)C2)c(-c2cncnc2)c1. The molecular weight excluding hydrogens is 443 g/mol. The van der Waals surface area contributed by atoms with Crippen molar-refractivity contribution in [1.82, 2.24) is 15.0 Å². The topological polar surface area (TPSA) is 91.2 Å². The van der Waals surface area contributed by atoms with Crippen LogP contribution >= 0.6 is 11.8 Å². The number of carbonyl (C=O) groups is 1. The number of aliphatic hydroxyl groups is 1. The summed E-state index contributed by atoms with van der Waals surface area (Å²) in [4.78, 5) is 27.3. The van der Waals surface area contributed by atoms with Crippen LogP contribution in [0.2, 0.25) is 0 Å². The van der Waals surface area contributed by atoms with E-state index in [9.17, 15) is 23.1 Å². The molecule has 0 radical (unpaired) electrons. The molecule has 3 heterocycles. The van der Waals surface area contributed by atoms with Gasteiger partial charge in [0.15, 0.2) is 0 Å². The molecule has 0 saturated carbocycles. The minimum Gasteiger partial charge on any atom is -0.391 e. The third-order valence-corrected chi connectivity index (χ3v) is 5.55. The second kappa shape index (κ2) is 9.13. The van der Waals surface area contributed by atoms with Gasteiger partial charge in [0.1, 0.15) is 12.1 Å². The minimum atomic E-state index is -4.37. The third kappa shape index (κ3) is 5.35. The number of aromatic nitrogens is 3. The van der Waals surface area contributed by atoms with Crippen molar-refractivity contribution in [3.8, 4) is 11.1 Å². The highest BCUT2D eigenvalue weighted by atomic mass is 32.2. The van der Waals surface area contributed by atoms with Gasteiger partial charge in [-0.2, -0.15) is 13.2 Å². The lowest BCUT2D eigenvalue weighted by Crippen LogP contribution is -2.23. The van der Waals surface area contributed by atoms with Crippen LogP contribution in [0.5, 0.6) is 0 Å². The summed E-state index contributed by atoms with van der Waals surface area (Å²) in [6.45, 7) is 1.06. The molecule has 7 nitrogen and oxygen atoms in total. The number of carbonyl (C=O) groups excluding carboxylic acids is 1. The van der Waals surface area contributed by atoms with Crippen molar-refractivity contribution in [1.29, 1.82) is 0 Å². The molecule has 2 aromatic heterocycles. The highest BCUT2D eigenvalue weighted by Gasteiger charge is 2.29. The van der Waals surface area contributed by atoms with Crippen molar-refractivity contribution in [2.75, 3.05) is 23.3 Å². The van der Waals surface area contributed by atoms with Crippen LogP contribution < -0.4 is 10.2 Å². The number of hydrogen-bond donors (Lipinski definition) is 2. The first kappa shape index (κ1) is 22.0. The first-order valence-electron chi connectivity index (χ1n) is 9.64. The van der Waals surface area contributed by atoms with Gasteiger partial charge >= 0.3 is 5.51 Å². The van der Waals surface area contributed by atoms with Crippen LogP contribution in [-0.4, -0.2) is 50.7 Å². The van der Waals surface area contributed by atoms with Gasteiger partial charge in [-0.1, -0.05) is 0 Å². The predicted octanol–water partition coefficient (Wildman–Crippen LogP) is 3.97. The summed E-state index contributed by atoms with van der Waals surface area (Å²) >= 11 is -0.219. The summed E-state index contributed by atoms with van der Waals surface area (Å²) in [6, 6.07) is 7.06. The standard InChI is InChI=1S/C21H18F3N5O2S/c22-21(23,24)32-17-3-1-15(2-4-17)28-20(31)13-7-18(14-8-25-12-26-9-14)19(27-10-13)29-6-5-16(30)11-29/h1-4,7-10,12,16,30H,5-6,11H2,(H,28,31)/t16-/m0/s1. The Morgan fingerprint density at radius 2 is 1.88 bits per heavy atom. The molecule has 166 valence electrons. The average molecular weight is 461 g/mol. The van der Waals surface area contributed by atoms with E-state index in [1.165, 1.54) is 36.8 Å². The van der Waals surface area contributed by atoms with Crippen LogP contribution in [0.4, 0.5) is 24.7 Å². The molecule has 2 N–H and O–H groups in total. The largest absolute Gasteiger partial charge is 0.446 e. The van der Waals surface area contributed by atoms with E-state index >= 15 is 0 Å². The van der Waals surface area contributed by atoms with Gasteiger partial charge in [0, 0.05) is 53.4 Å². The number of nitrogens with zero attached hydrogens (tertiary/aromatic N) is 4. The highest BCUT2D eigenvalue weighted by Crippen LogP contribution is 2.37. The number of amides is 1. The number of rotatable bonds is 5. The normalized spacial score (nSPS) is 16.2. The molecule has 1 saturated heterocycles. The van der Waals surface area contributed by atoms with E-state index in [1.54, 1.807) is 18.5 Å². The smallest absolute Gasteiger partial charge is 0.391 e. The van der Waals surface area contributed by atoms with Crippen molar-refractivity contribution in [2.24, 2.45) is 0 Å². The second-order valence-corrected chi connectivity index (χ2v) is 8.28. The average Bonchev–Trinajstić information content (AvgIpc) is 3.20. The van der Waals surface area contributed by atoms with Gasteiger partial charge < -0.3 is 15.3 Å². The van der Waals surface area contributed by atoms with Gasteiger partial charge in [-0.25, -0.2) is 15.0 Å². The Morgan fingerprint density at radius 3 is 2.50 bits per heavy atom. The first-order valence-corrected chi connectivity index (χ1v) is 10.5. The fourth-order valence-electron chi connectivity index (χ4n) is 3.36. The number of thioether (sulfide) groups is 1. The van der Waals surface area contributed by atoms with Gasteiger partial charge in [-0.05, 0) is 48.5 Å². The molecule has 0 spiro atoms. The van der Waals surface area contributed by atoms with Gasteiger partial charge in [-0.15, -0.1) is 0 Å². The van der Waals surface area contributed by atoms with E-state index in [0.717, 1.165) is 0 Å². The van der Waals surface area contributed by atoms with Crippen molar-refractivity contribution in [2.45, 2.75) is 22.9 Å². The Morgan fingerprint density at radius 1 is 1.16 bits per heavy atom. The summed E-state index contributed by atoms with van der Waals surface area (Å²) in [5.74, 6) is 0.154. The monoisotopic (exact) mass is 461 g/mol. The maximum atomic E-state index is 12.8. The summed E-state index contributed by atoms with van der Waals surface area (Å²) in [5.41, 5.74) is -2.44. The van der Waals surface area contributed by atoms with Gasteiger partial charge in [0.2, 0.25) is 0 Å². The summed E-state index contributed by atoms with van der Waals surface area (Å²) < 4.78 is 37.4. The molecule has 4 rings (SSSR count). The van der Waals surface area contributed by atoms with Crippen LogP contribution in [0.25, 0.3) is 11.1 Å². The van der Waals surface area contributed by atoms with Gasteiger partial charge in [-0.3, -0.25) is 4.79 Å². The number of β-amino-alcohol motifs (C(OH)–C–C–N with tert-alkyl or cyclic N) is 1. The molecule has 3 aromatic rings. The zero-order valence-corrected chi connectivity index (χ0v) is 17.4. The van der Waals surface area contributed by atoms with E-state index in [1.807, 2.05) is 4.90 Å². The number of anilines is 2. The number of pyridine rings is 1. The Hall–Kier alpha value is -3.18. The fourth-order valence-corrected chi connectivity index (χ4v) is 3.90. The zero-order chi connectivity index (χ0) is 22.7. The van der Waals surface area contributed by atoms with E-state index < -0.39 is 17.5 Å². The number of nitrogens with one attached hydrogen (secondary N) is 1. The summed E-state index contributed by atoms with van der Waals surface area (Å²) in [7, 11) is 0. The highest BCUT2D eigenvalue weighted by molar-refractivity contribution is 8.00. The molecule has 1 aromatic carbocycles. The Labute approximate surface area is 185 Å². The van der Waals surface area contributed by atoms with E-state index in [-0.39, 0.29) is 22.2 Å². The van der Waals surface area contributed by atoms with Crippen LogP contribution in [-0.2, 0) is 0 Å². The third-order valence-electron chi connectivity index (χ3n) is 4.81. The van der Waals surface area contributed by atoms with Crippen LogP contribution in [0.15, 0.2) is 60.1 Å². The Bertz CT molecular complexity index is 1100. The molecule has 1 fully saturated rings. The van der Waals surface area contributed by atoms with E-state index in [2.05, 4.69) is 20.3 Å². The molecule has 1 atom stereocenters. The molecule has 0 unspecified atom stereocenters. The lowest BCUT2D eigenvalue weighted by molar-refractivity contribution is -0.0328. The van der Waals surface area contributed by atoms with E-state index in [0.29, 0.717) is 42.1 Å². The number of hydrogen-bond acceptors (Lipinski definition) is 7. The lowest BCUT2D eigenvalue weighted by atomic mass is 10.1. The number of benzene rings is 1. The van der Waals surface area contributed by atoms with Crippen molar-refractivity contribution >= 4 is 29.2 Å². The summed E-state index contributed by atoms with van der Waals surface area (Å²) in [5, 5.41) is 12.6. The Balaban J connectivity index is 1.57. The van der Waals surface area contributed by atoms with Crippen molar-refractivity contribution in [3.63, 3.8) is 0 Å². The van der Waals surface area contributed by atoms with Gasteiger partial charge in [0.25, 0.3) is 5.91 Å². The molecule has 11 heteroatoms. The lowest BCUT2D eigenvalue weighted by Gasteiger charge is -2.20. The van der Waals surface area contributed by atoms with Crippen molar-refractivity contribution in [3.05, 3.63) is 60.8 Å². The maximum Gasteiger partial charge on any atom is 0.446 e. The zero-order valence-electron chi connectivity index (χ0n) is 16.6. The molecule has 1 aliphatic heterocycles. The van der Waals surface area contributed by atoms with E-state index in [4.69, 9.17) is 0 Å². The molecule has 32 heavy (non-hydrogen) atoms. The van der Waals surface area contributed by atoms with Gasteiger partial charge in [0.05, 0.1) is 11.7 Å². The fraction of sp³-hybridized carbons (Fsp3) is 0.238. The molecule has 1 amide bonds. The molecule has 1 aliphatic rings. The van der Waals surface area contributed by atoms with Crippen LogP contribution in [0.3, 0.4) is 0 Å². The van der Waals surface area contributed by atoms with Crippen molar-refractivity contribution < 1.29 is 23.1 Å². The molecule has 0 bridgehead atoms. The number of halogens is 3. The number of alkyl halides is 3. The van der Waals surface area contributed by atoms with Crippen LogP contribution in [0.1, 0.15) is 16.8 Å². The maximum absolute atomic E-state index is 12.8. The van der Waals surface area contributed by atoms with Crippen LogP contribution in [0, 0.1) is 0 Å². The second-order valence-electron chi connectivity index (χ2n) is 7.14. The Kier molecular flexibility index (Phi) is 6.28. The molecular formula is C21H18F3N5O2S. The number of aliphatic hydroxyl groups excluding tert-OH is 1. The summed E-state index contributed by atoms with van der Waals surface area (Å²) in [6.07, 6.45) is 6.22. The first-order chi connectivity index (χ1) is 15.3. The molecule has 0 aliphatic carbocycles. The minimum absolute atomic E-state index is 0.0284.